The first kappa shape index (κ1) is 19.7. The summed E-state index contributed by atoms with van der Waals surface area (Å²) in [6, 6.07) is 14.7. The van der Waals surface area contributed by atoms with Gasteiger partial charge in [-0.1, -0.05) is 30.3 Å². The summed E-state index contributed by atoms with van der Waals surface area (Å²) in [6.07, 6.45) is 0.689. The lowest BCUT2D eigenvalue weighted by Gasteiger charge is -2.35. The number of aromatic carboxylic acids is 1. The molecule has 4 atom stereocenters. The smallest absolute Gasteiger partial charge is 0.336 e. The van der Waals surface area contributed by atoms with E-state index in [2.05, 4.69) is 4.90 Å². The number of carboxylic acid groups (broad SMARTS) is 1. The number of benzene rings is 2. The van der Waals surface area contributed by atoms with Gasteiger partial charge in [0.15, 0.2) is 11.5 Å². The second kappa shape index (κ2) is 8.43. The zero-order valence-corrected chi connectivity index (χ0v) is 16.5. The molecule has 29 heavy (non-hydrogen) atoms. The average Bonchev–Trinajstić information content (AvgIpc) is 3.09. The van der Waals surface area contributed by atoms with Crippen molar-refractivity contribution in [3.63, 3.8) is 0 Å². The van der Waals surface area contributed by atoms with Crippen molar-refractivity contribution in [2.75, 3.05) is 20.2 Å². The fourth-order valence-electron chi connectivity index (χ4n) is 4.73. The minimum absolute atomic E-state index is 0.265. The van der Waals surface area contributed by atoms with Crippen LogP contribution in [0, 0.1) is 11.8 Å². The number of ether oxygens (including phenoxy) is 2. The summed E-state index contributed by atoms with van der Waals surface area (Å²) in [4.78, 5) is 13.8. The topological polar surface area (TPSA) is 79.2 Å². The maximum absolute atomic E-state index is 11.5. The third-order valence-corrected chi connectivity index (χ3v) is 6.15. The molecule has 2 aromatic carbocycles. The van der Waals surface area contributed by atoms with Crippen LogP contribution in [0.25, 0.3) is 0 Å². The third kappa shape index (κ3) is 4.23. The first-order valence-corrected chi connectivity index (χ1v) is 10.1. The molecule has 1 saturated carbocycles. The maximum atomic E-state index is 11.5. The molecule has 0 spiro atoms. The zero-order chi connectivity index (χ0) is 20.4. The number of para-hydroxylation sites is 2. The summed E-state index contributed by atoms with van der Waals surface area (Å²) >= 11 is 0. The number of fused-ring (bicyclic) bond motifs is 1. The standard InChI is InChI=1S/C23H27NO5/c1-28-20-8-4-5-9-21(20)29-22-11-17-14-24(13-16(17)10-19(22)25)12-15-6-2-3-7-18(15)23(26)27/h2-9,16-17,19,22,25H,10-14H2,1H3,(H,26,27)/t16-,17+,19+,22+/m0/s1. The van der Waals surface area contributed by atoms with E-state index in [-0.39, 0.29) is 6.10 Å². The predicted octanol–water partition coefficient (Wildman–Crippen LogP) is 3.04. The van der Waals surface area contributed by atoms with Crippen LogP contribution in [0.2, 0.25) is 0 Å². The number of nitrogens with zero attached hydrogens (tertiary/aromatic N) is 1. The first-order chi connectivity index (χ1) is 14.0. The molecule has 1 aliphatic carbocycles. The van der Waals surface area contributed by atoms with Gasteiger partial charge in [0.2, 0.25) is 0 Å². The van der Waals surface area contributed by atoms with Crippen LogP contribution in [0.3, 0.4) is 0 Å². The van der Waals surface area contributed by atoms with Gasteiger partial charge in [0.05, 0.1) is 18.8 Å². The van der Waals surface area contributed by atoms with E-state index in [1.807, 2.05) is 36.4 Å². The lowest BCUT2D eigenvalue weighted by atomic mass is 9.78. The predicted molar refractivity (Wildman–Crippen MR) is 108 cm³/mol. The second-order valence-electron chi connectivity index (χ2n) is 8.02. The molecule has 0 bridgehead atoms. The maximum Gasteiger partial charge on any atom is 0.336 e. The van der Waals surface area contributed by atoms with E-state index in [4.69, 9.17) is 9.47 Å². The van der Waals surface area contributed by atoms with E-state index in [0.717, 1.165) is 25.1 Å². The van der Waals surface area contributed by atoms with Crippen molar-refractivity contribution >= 4 is 5.97 Å². The minimum Gasteiger partial charge on any atom is -0.493 e. The Bertz CT molecular complexity index is 870. The van der Waals surface area contributed by atoms with Gasteiger partial charge in [0, 0.05) is 19.6 Å². The van der Waals surface area contributed by atoms with Gasteiger partial charge >= 0.3 is 5.97 Å². The number of aliphatic hydroxyl groups is 1. The lowest BCUT2D eigenvalue weighted by Crippen LogP contribution is -2.42. The summed E-state index contributed by atoms with van der Waals surface area (Å²) in [6.45, 7) is 2.37. The highest BCUT2D eigenvalue weighted by atomic mass is 16.5. The quantitative estimate of drug-likeness (QED) is 0.780. The number of carbonyl (C=O) groups is 1. The Morgan fingerprint density at radius 3 is 2.41 bits per heavy atom. The molecule has 2 N–H and O–H groups in total. The number of hydrogen-bond donors (Lipinski definition) is 2. The largest absolute Gasteiger partial charge is 0.493 e. The molecule has 154 valence electrons. The van der Waals surface area contributed by atoms with Gasteiger partial charge in [-0.15, -0.1) is 0 Å². The third-order valence-electron chi connectivity index (χ3n) is 6.15. The SMILES string of the molecule is COc1ccccc1O[C@@H]1C[C@@H]2CN(Cc3ccccc3C(=O)O)C[C@@H]2C[C@H]1O. The van der Waals surface area contributed by atoms with Crippen LogP contribution >= 0.6 is 0 Å². The van der Waals surface area contributed by atoms with Gasteiger partial charge in [0.1, 0.15) is 6.10 Å². The van der Waals surface area contributed by atoms with Crippen molar-refractivity contribution in [1.82, 2.24) is 4.90 Å². The number of aliphatic hydroxyl groups excluding tert-OH is 1. The number of carboxylic acids is 1. The summed E-state index contributed by atoms with van der Waals surface area (Å²) in [5, 5.41) is 20.1. The van der Waals surface area contributed by atoms with Crippen LogP contribution in [0.15, 0.2) is 48.5 Å². The van der Waals surface area contributed by atoms with Crippen LogP contribution in [-0.4, -0.2) is 53.5 Å². The van der Waals surface area contributed by atoms with Crippen molar-refractivity contribution < 1.29 is 24.5 Å². The molecule has 1 heterocycles. The molecule has 1 saturated heterocycles. The molecule has 6 nitrogen and oxygen atoms in total. The van der Waals surface area contributed by atoms with E-state index in [1.54, 1.807) is 19.2 Å². The lowest BCUT2D eigenvalue weighted by molar-refractivity contribution is -0.0240. The van der Waals surface area contributed by atoms with Gasteiger partial charge in [-0.05, 0) is 48.4 Å². The summed E-state index contributed by atoms with van der Waals surface area (Å²) < 4.78 is 11.5. The highest BCUT2D eigenvalue weighted by molar-refractivity contribution is 5.89. The Morgan fingerprint density at radius 1 is 1.03 bits per heavy atom. The Hall–Kier alpha value is -2.57. The number of likely N-dealkylation sites (tertiary alicyclic amines) is 1. The fourth-order valence-corrected chi connectivity index (χ4v) is 4.73. The van der Waals surface area contributed by atoms with Gasteiger partial charge in [-0.3, -0.25) is 4.90 Å². The van der Waals surface area contributed by atoms with Crippen LogP contribution in [0.5, 0.6) is 11.5 Å². The van der Waals surface area contributed by atoms with E-state index in [0.29, 0.717) is 41.9 Å². The molecule has 0 amide bonds. The van der Waals surface area contributed by atoms with Crippen LogP contribution in [-0.2, 0) is 6.54 Å². The van der Waals surface area contributed by atoms with E-state index >= 15 is 0 Å². The van der Waals surface area contributed by atoms with Gasteiger partial charge in [-0.2, -0.15) is 0 Å². The van der Waals surface area contributed by atoms with Crippen molar-refractivity contribution in [3.8, 4) is 11.5 Å². The summed E-state index contributed by atoms with van der Waals surface area (Å²) in [5.74, 6) is 1.26. The molecule has 2 aromatic rings. The van der Waals surface area contributed by atoms with Gasteiger partial charge in [0.25, 0.3) is 0 Å². The van der Waals surface area contributed by atoms with Crippen molar-refractivity contribution in [3.05, 3.63) is 59.7 Å². The van der Waals surface area contributed by atoms with Crippen molar-refractivity contribution in [2.45, 2.75) is 31.6 Å². The van der Waals surface area contributed by atoms with Crippen molar-refractivity contribution in [1.29, 1.82) is 0 Å². The molecule has 4 rings (SSSR count). The molecule has 2 aliphatic rings. The molecule has 0 unspecified atom stereocenters. The summed E-state index contributed by atoms with van der Waals surface area (Å²) in [5.41, 5.74) is 1.20. The highest BCUT2D eigenvalue weighted by Gasteiger charge is 2.42. The molecular formula is C23H27NO5. The molecule has 6 heteroatoms. The highest BCUT2D eigenvalue weighted by Crippen LogP contribution is 2.39. The van der Waals surface area contributed by atoms with Crippen molar-refractivity contribution in [2.24, 2.45) is 11.8 Å². The first-order valence-electron chi connectivity index (χ1n) is 10.1. The second-order valence-corrected chi connectivity index (χ2v) is 8.02. The molecular weight excluding hydrogens is 370 g/mol. The Morgan fingerprint density at radius 2 is 1.69 bits per heavy atom. The fraction of sp³-hybridized carbons (Fsp3) is 0.435. The summed E-state index contributed by atoms with van der Waals surface area (Å²) in [7, 11) is 1.61. The number of methoxy groups -OCH3 is 1. The molecule has 2 fully saturated rings. The van der Waals surface area contributed by atoms with Gasteiger partial charge < -0.3 is 19.7 Å². The van der Waals surface area contributed by atoms with Gasteiger partial charge in [-0.25, -0.2) is 4.79 Å². The number of hydrogen-bond acceptors (Lipinski definition) is 5. The number of rotatable bonds is 6. The van der Waals surface area contributed by atoms with Crippen LogP contribution < -0.4 is 9.47 Å². The minimum atomic E-state index is -0.891. The monoisotopic (exact) mass is 397 g/mol. The average molecular weight is 397 g/mol. The zero-order valence-electron chi connectivity index (χ0n) is 16.5. The Kier molecular flexibility index (Phi) is 5.74. The molecule has 0 aromatic heterocycles. The van der Waals surface area contributed by atoms with Crippen LogP contribution in [0.1, 0.15) is 28.8 Å². The van der Waals surface area contributed by atoms with E-state index < -0.39 is 12.1 Å². The Balaban J connectivity index is 1.42. The molecule has 1 aliphatic heterocycles. The van der Waals surface area contributed by atoms with Crippen LogP contribution in [0.4, 0.5) is 0 Å². The normalized spacial score (nSPS) is 26.7. The molecule has 0 radical (unpaired) electrons. The van der Waals surface area contributed by atoms with E-state index in [1.165, 1.54) is 0 Å². The van der Waals surface area contributed by atoms with E-state index in [9.17, 15) is 15.0 Å². The Labute approximate surface area is 170 Å².